The molecule has 0 saturated carbocycles. The summed E-state index contributed by atoms with van der Waals surface area (Å²) in [5.74, 6) is 0. The van der Waals surface area contributed by atoms with Crippen LogP contribution in [0.15, 0.2) is 200 Å². The van der Waals surface area contributed by atoms with E-state index in [1.807, 2.05) is 22.7 Å². The number of benzene rings is 9. The van der Waals surface area contributed by atoms with Crippen LogP contribution in [-0.2, 0) is 0 Å². The van der Waals surface area contributed by atoms with Gasteiger partial charge in [0.1, 0.15) is 0 Å². The standard InChI is InChI=1S/C52H33NS2/c1-3-14-35(15-4-1)41-23-12-24-44-49-45(25-13-27-48(49)55-51(41)44)53(38-30-28-37(29-31-38)40-22-11-19-34-18-7-8-20-39(34)40)46-33-32-42(36-16-5-2-6-17-36)52-50(46)43-21-9-10-26-47(43)54-52/h1-33H. The summed E-state index contributed by atoms with van der Waals surface area (Å²) in [5, 5.41) is 7.63. The van der Waals surface area contributed by atoms with E-state index in [-0.39, 0.29) is 0 Å². The van der Waals surface area contributed by atoms with E-state index < -0.39 is 0 Å². The smallest absolute Gasteiger partial charge is 0.0555 e. The number of nitrogens with zero attached hydrogens (tertiary/aromatic N) is 1. The fourth-order valence-electron chi connectivity index (χ4n) is 8.38. The van der Waals surface area contributed by atoms with E-state index in [0.717, 1.165) is 5.69 Å². The first kappa shape index (κ1) is 32.0. The van der Waals surface area contributed by atoms with Crippen LogP contribution in [0.2, 0.25) is 0 Å². The maximum Gasteiger partial charge on any atom is 0.0555 e. The molecule has 9 aromatic carbocycles. The van der Waals surface area contributed by atoms with Crippen molar-refractivity contribution in [3.8, 4) is 33.4 Å². The Morgan fingerprint density at radius 1 is 0.309 bits per heavy atom. The molecule has 0 atom stereocenters. The number of hydrogen-bond donors (Lipinski definition) is 0. The van der Waals surface area contributed by atoms with Crippen LogP contribution in [0, 0.1) is 0 Å². The van der Waals surface area contributed by atoms with Crippen LogP contribution >= 0.6 is 22.7 Å². The van der Waals surface area contributed by atoms with Crippen molar-refractivity contribution in [2.24, 2.45) is 0 Å². The average molecular weight is 736 g/mol. The Morgan fingerprint density at radius 3 is 1.65 bits per heavy atom. The molecule has 3 heteroatoms. The number of thiophene rings is 2. The van der Waals surface area contributed by atoms with Crippen molar-refractivity contribution in [1.82, 2.24) is 0 Å². The Morgan fingerprint density at radius 2 is 0.855 bits per heavy atom. The summed E-state index contributed by atoms with van der Waals surface area (Å²) in [6, 6.07) is 73.3. The van der Waals surface area contributed by atoms with Gasteiger partial charge in [-0.15, -0.1) is 22.7 Å². The minimum absolute atomic E-state index is 1.12. The topological polar surface area (TPSA) is 3.24 Å². The lowest BCUT2D eigenvalue weighted by Crippen LogP contribution is -2.11. The van der Waals surface area contributed by atoms with Gasteiger partial charge in [-0.25, -0.2) is 0 Å². The van der Waals surface area contributed by atoms with E-state index in [1.165, 1.54) is 95.9 Å². The number of hydrogen-bond acceptors (Lipinski definition) is 3. The molecule has 0 aliphatic carbocycles. The third kappa shape index (κ3) is 5.27. The highest BCUT2D eigenvalue weighted by Crippen LogP contribution is 2.52. The van der Waals surface area contributed by atoms with Crippen LogP contribution in [0.5, 0.6) is 0 Å². The maximum atomic E-state index is 2.52. The van der Waals surface area contributed by atoms with Crippen LogP contribution in [0.4, 0.5) is 17.1 Å². The molecule has 0 unspecified atom stereocenters. The van der Waals surface area contributed by atoms with Crippen molar-refractivity contribution in [2.45, 2.75) is 0 Å². The molecule has 0 aliphatic heterocycles. The molecule has 0 amide bonds. The monoisotopic (exact) mass is 735 g/mol. The second-order valence-electron chi connectivity index (χ2n) is 14.0. The molecule has 2 aromatic heterocycles. The Labute approximate surface area is 327 Å². The molecule has 0 fully saturated rings. The van der Waals surface area contributed by atoms with Crippen molar-refractivity contribution in [3.05, 3.63) is 200 Å². The van der Waals surface area contributed by atoms with Gasteiger partial charge in [-0.05, 0) is 80.6 Å². The molecule has 0 bridgehead atoms. The van der Waals surface area contributed by atoms with E-state index >= 15 is 0 Å². The normalized spacial score (nSPS) is 11.6. The van der Waals surface area contributed by atoms with Crippen molar-refractivity contribution >= 4 is 90.9 Å². The van der Waals surface area contributed by atoms with E-state index in [4.69, 9.17) is 0 Å². The third-order valence-electron chi connectivity index (χ3n) is 10.9. The van der Waals surface area contributed by atoms with Gasteiger partial charge in [0.2, 0.25) is 0 Å². The minimum Gasteiger partial charge on any atom is -0.309 e. The molecule has 11 aromatic rings. The summed E-state index contributed by atoms with van der Waals surface area (Å²) in [7, 11) is 0. The first-order valence-electron chi connectivity index (χ1n) is 18.7. The Hall–Kier alpha value is -6.52. The van der Waals surface area contributed by atoms with E-state index in [9.17, 15) is 0 Å². The van der Waals surface area contributed by atoms with Gasteiger partial charge in [0.15, 0.2) is 0 Å². The van der Waals surface area contributed by atoms with Crippen LogP contribution in [0.3, 0.4) is 0 Å². The largest absolute Gasteiger partial charge is 0.309 e. The van der Waals surface area contributed by atoms with Crippen molar-refractivity contribution in [3.63, 3.8) is 0 Å². The lowest BCUT2D eigenvalue weighted by molar-refractivity contribution is 1.32. The highest BCUT2D eigenvalue weighted by molar-refractivity contribution is 7.27. The van der Waals surface area contributed by atoms with Gasteiger partial charge in [0.25, 0.3) is 0 Å². The molecule has 0 saturated heterocycles. The molecule has 0 aliphatic rings. The first-order valence-corrected chi connectivity index (χ1v) is 20.3. The summed E-state index contributed by atoms with van der Waals surface area (Å²) in [6.07, 6.45) is 0. The van der Waals surface area contributed by atoms with Crippen LogP contribution < -0.4 is 4.90 Å². The molecular formula is C52H33NS2. The van der Waals surface area contributed by atoms with Crippen molar-refractivity contribution in [1.29, 1.82) is 0 Å². The second kappa shape index (κ2) is 13.1. The average Bonchev–Trinajstić information content (AvgIpc) is 3.84. The lowest BCUT2D eigenvalue weighted by Gasteiger charge is -2.28. The lowest BCUT2D eigenvalue weighted by atomic mass is 9.97. The highest BCUT2D eigenvalue weighted by atomic mass is 32.1. The Balaban J connectivity index is 1.20. The molecular weight excluding hydrogens is 703 g/mol. The van der Waals surface area contributed by atoms with Crippen LogP contribution in [0.1, 0.15) is 0 Å². The summed E-state index contributed by atoms with van der Waals surface area (Å²) >= 11 is 3.78. The zero-order chi connectivity index (χ0) is 36.3. The van der Waals surface area contributed by atoms with Gasteiger partial charge in [0.05, 0.1) is 11.4 Å². The van der Waals surface area contributed by atoms with Gasteiger partial charge in [-0.2, -0.15) is 0 Å². The summed E-state index contributed by atoms with van der Waals surface area (Å²) in [4.78, 5) is 2.52. The predicted molar refractivity (Wildman–Crippen MR) is 241 cm³/mol. The van der Waals surface area contributed by atoms with E-state index in [2.05, 4.69) is 205 Å². The van der Waals surface area contributed by atoms with E-state index in [0.29, 0.717) is 0 Å². The summed E-state index contributed by atoms with van der Waals surface area (Å²) in [6.45, 7) is 0. The van der Waals surface area contributed by atoms with Gasteiger partial charge in [0, 0.05) is 46.0 Å². The zero-order valence-electron chi connectivity index (χ0n) is 29.8. The third-order valence-corrected chi connectivity index (χ3v) is 13.3. The highest BCUT2D eigenvalue weighted by Gasteiger charge is 2.24. The van der Waals surface area contributed by atoms with Crippen molar-refractivity contribution < 1.29 is 0 Å². The summed E-state index contributed by atoms with van der Waals surface area (Å²) < 4.78 is 5.18. The quantitative estimate of drug-likeness (QED) is 0.164. The number of rotatable bonds is 6. The number of fused-ring (bicyclic) bond motifs is 7. The van der Waals surface area contributed by atoms with E-state index in [1.54, 1.807) is 0 Å². The fraction of sp³-hybridized carbons (Fsp3) is 0. The zero-order valence-corrected chi connectivity index (χ0v) is 31.4. The Kier molecular flexibility index (Phi) is 7.61. The SMILES string of the molecule is c1ccc(-c2cccc3c2sc2cccc(N(c4ccc(-c5cccc6ccccc56)cc4)c4ccc(-c5ccccc5)c5sc6ccccc6c45)c23)cc1. The number of anilines is 3. The summed E-state index contributed by atoms with van der Waals surface area (Å²) in [5.41, 5.74) is 10.9. The van der Waals surface area contributed by atoms with Gasteiger partial charge in [-0.3, -0.25) is 0 Å². The molecule has 55 heavy (non-hydrogen) atoms. The molecule has 0 radical (unpaired) electrons. The maximum absolute atomic E-state index is 2.52. The van der Waals surface area contributed by atoms with Gasteiger partial charge < -0.3 is 4.90 Å². The minimum atomic E-state index is 1.12. The molecule has 2 heterocycles. The van der Waals surface area contributed by atoms with Crippen LogP contribution in [0.25, 0.3) is 84.5 Å². The predicted octanol–water partition coefficient (Wildman–Crippen LogP) is 16.0. The molecule has 11 rings (SSSR count). The molecule has 258 valence electrons. The van der Waals surface area contributed by atoms with Gasteiger partial charge >= 0.3 is 0 Å². The van der Waals surface area contributed by atoms with Crippen molar-refractivity contribution in [2.75, 3.05) is 4.90 Å². The van der Waals surface area contributed by atoms with Gasteiger partial charge in [-0.1, -0.05) is 164 Å². The molecule has 0 spiro atoms. The van der Waals surface area contributed by atoms with Crippen LogP contribution in [-0.4, -0.2) is 0 Å². The second-order valence-corrected chi connectivity index (χ2v) is 16.1. The fourth-order valence-corrected chi connectivity index (χ4v) is 10.9. The first-order chi connectivity index (χ1) is 27.3. The Bertz CT molecular complexity index is 3190. The molecule has 0 N–H and O–H groups in total. The molecule has 1 nitrogen and oxygen atoms in total.